The minimum absolute atomic E-state index is 0.263. The number of nitrogens with two attached hydrogens (primary N) is 1. The molecule has 0 atom stereocenters. The lowest BCUT2D eigenvalue weighted by Crippen LogP contribution is -2.75. The van der Waals surface area contributed by atoms with Crippen molar-refractivity contribution in [2.45, 2.75) is 6.92 Å². The second-order valence-electron chi connectivity index (χ2n) is 4.34. The van der Waals surface area contributed by atoms with E-state index in [0.29, 0.717) is 17.9 Å². The number of benzene rings is 2. The van der Waals surface area contributed by atoms with Crippen molar-refractivity contribution in [2.24, 2.45) is 5.73 Å². The fourth-order valence-electron chi connectivity index (χ4n) is 1.76. The van der Waals surface area contributed by atoms with Crippen LogP contribution >= 0.6 is 22.6 Å². The quantitative estimate of drug-likeness (QED) is 0.255. The fraction of sp³-hybridized carbons (Fsp3) is 0.125. The Labute approximate surface area is 142 Å². The van der Waals surface area contributed by atoms with E-state index in [9.17, 15) is 4.79 Å². The van der Waals surface area contributed by atoms with Gasteiger partial charge < -0.3 is 4.74 Å². The molecule has 0 heterocycles. The molecule has 0 aromatic heterocycles. The summed E-state index contributed by atoms with van der Waals surface area (Å²) in [5.74, 6) is 0.181. The van der Waals surface area contributed by atoms with Gasteiger partial charge in [-0.2, -0.15) is 0 Å². The van der Waals surface area contributed by atoms with Crippen molar-refractivity contribution >= 4 is 34.4 Å². The normalized spacial score (nSPS) is 11.1. The number of carbonyl (C=O) groups excluding carboxylic acids is 1. The van der Waals surface area contributed by atoms with E-state index < -0.39 is 5.97 Å². The first-order chi connectivity index (χ1) is 10.6. The summed E-state index contributed by atoms with van der Waals surface area (Å²) in [6.07, 6.45) is 0. The fourth-order valence-corrected chi connectivity index (χ4v) is 2.12. The van der Waals surface area contributed by atoms with E-state index in [1.807, 2.05) is 31.2 Å². The summed E-state index contributed by atoms with van der Waals surface area (Å²) >= 11 is 2.20. The second-order valence-corrected chi connectivity index (χ2v) is 5.59. The van der Waals surface area contributed by atoms with Crippen molar-refractivity contribution in [1.82, 2.24) is 0 Å². The third kappa shape index (κ3) is 4.20. The van der Waals surface area contributed by atoms with Gasteiger partial charge in [0.2, 0.25) is 0 Å². The number of nitrogens with one attached hydrogen (secondary N) is 1. The third-order valence-electron chi connectivity index (χ3n) is 2.82. The molecular formula is C16H16IN2O3+. The monoisotopic (exact) mass is 411 g/mol. The zero-order chi connectivity index (χ0) is 15.9. The molecule has 0 unspecified atom stereocenters. The van der Waals surface area contributed by atoms with Crippen molar-refractivity contribution in [2.75, 3.05) is 6.61 Å². The van der Waals surface area contributed by atoms with Gasteiger partial charge in [0.25, 0.3) is 0 Å². The number of amidine groups is 1. The average Bonchev–Trinajstić information content (AvgIpc) is 2.54. The first-order valence-corrected chi connectivity index (χ1v) is 7.77. The summed E-state index contributed by atoms with van der Waals surface area (Å²) in [5, 5.41) is 2.47. The van der Waals surface area contributed by atoms with E-state index >= 15 is 0 Å². The molecule has 5 nitrogen and oxygen atoms in total. The number of hydrogen-bond donors (Lipinski definition) is 2. The van der Waals surface area contributed by atoms with Crippen LogP contribution in [-0.4, -0.2) is 18.4 Å². The number of para-hydroxylation sites is 1. The number of halogens is 1. The first kappa shape index (κ1) is 16.3. The van der Waals surface area contributed by atoms with E-state index in [-0.39, 0.29) is 5.84 Å². The Hall–Kier alpha value is -2.09. The lowest BCUT2D eigenvalue weighted by molar-refractivity contribution is -0.721. The van der Waals surface area contributed by atoms with Crippen LogP contribution in [0.4, 0.5) is 0 Å². The van der Waals surface area contributed by atoms with Crippen molar-refractivity contribution in [3.63, 3.8) is 0 Å². The maximum absolute atomic E-state index is 12.1. The molecule has 0 radical (unpaired) electrons. The van der Waals surface area contributed by atoms with Crippen molar-refractivity contribution in [3.8, 4) is 5.75 Å². The molecule has 114 valence electrons. The van der Waals surface area contributed by atoms with Crippen LogP contribution in [0.15, 0.2) is 48.5 Å². The predicted octanol–water partition coefficient (Wildman–Crippen LogP) is 1.25. The molecule has 0 aliphatic rings. The summed E-state index contributed by atoms with van der Waals surface area (Å²) < 4.78 is 6.49. The molecule has 6 heteroatoms. The Balaban J connectivity index is 2.12. The van der Waals surface area contributed by atoms with Gasteiger partial charge in [0, 0.05) is 3.57 Å². The van der Waals surface area contributed by atoms with E-state index in [1.54, 1.807) is 24.3 Å². The van der Waals surface area contributed by atoms with Gasteiger partial charge in [0.1, 0.15) is 11.3 Å². The van der Waals surface area contributed by atoms with Gasteiger partial charge in [-0.05, 0) is 65.9 Å². The molecule has 0 amide bonds. The zero-order valence-corrected chi connectivity index (χ0v) is 14.2. The van der Waals surface area contributed by atoms with Crippen LogP contribution in [0, 0.1) is 3.57 Å². The second kappa shape index (κ2) is 7.79. The Morgan fingerprint density at radius 3 is 2.55 bits per heavy atom. The van der Waals surface area contributed by atoms with E-state index in [4.69, 9.17) is 15.3 Å². The van der Waals surface area contributed by atoms with Crippen LogP contribution in [-0.2, 0) is 4.84 Å². The highest BCUT2D eigenvalue weighted by Crippen LogP contribution is 2.18. The van der Waals surface area contributed by atoms with Crippen LogP contribution in [0.5, 0.6) is 5.75 Å². The largest absolute Gasteiger partial charge is 0.493 e. The molecule has 2 aromatic rings. The summed E-state index contributed by atoms with van der Waals surface area (Å²) in [5.41, 5.74) is 6.94. The van der Waals surface area contributed by atoms with Crippen LogP contribution in [0.25, 0.3) is 0 Å². The number of ether oxygens (including phenoxy) is 1. The molecule has 2 aromatic carbocycles. The lowest BCUT2D eigenvalue weighted by atomic mass is 10.2. The molecule has 0 saturated heterocycles. The van der Waals surface area contributed by atoms with Gasteiger partial charge in [-0.15, -0.1) is 0 Å². The third-order valence-corrected chi connectivity index (χ3v) is 3.53. The Bertz CT molecular complexity index is 684. The summed E-state index contributed by atoms with van der Waals surface area (Å²) in [4.78, 5) is 17.1. The number of rotatable bonds is 5. The molecule has 0 aliphatic heterocycles. The Morgan fingerprint density at radius 1 is 1.18 bits per heavy atom. The standard InChI is InChI=1S/C16H15IN2O3/c1-2-21-14-6-4-3-5-13(14)16(20)22-19-15(18)11-7-9-12(17)10-8-11/h3-10H,2H2,1H3,(H2,18,19)/p+1. The highest BCUT2D eigenvalue weighted by Gasteiger charge is 2.15. The maximum Gasteiger partial charge on any atom is 0.391 e. The highest BCUT2D eigenvalue weighted by atomic mass is 127. The maximum atomic E-state index is 12.1. The van der Waals surface area contributed by atoms with Crippen molar-refractivity contribution in [1.29, 1.82) is 0 Å². The molecule has 0 fully saturated rings. The lowest BCUT2D eigenvalue weighted by Gasteiger charge is -2.06. The minimum Gasteiger partial charge on any atom is -0.493 e. The SMILES string of the molecule is CCOc1ccccc1C(=O)O[NH+]=C(N)c1ccc(I)cc1. The molecule has 0 spiro atoms. The Morgan fingerprint density at radius 2 is 1.86 bits per heavy atom. The minimum atomic E-state index is -0.558. The average molecular weight is 411 g/mol. The van der Waals surface area contributed by atoms with Crippen LogP contribution in [0.2, 0.25) is 0 Å². The molecule has 0 saturated carbocycles. The van der Waals surface area contributed by atoms with Gasteiger partial charge in [-0.1, -0.05) is 17.3 Å². The Kier molecular flexibility index (Phi) is 5.76. The van der Waals surface area contributed by atoms with E-state index in [0.717, 1.165) is 9.13 Å². The highest BCUT2D eigenvalue weighted by molar-refractivity contribution is 14.1. The van der Waals surface area contributed by atoms with Gasteiger partial charge in [-0.25, -0.2) is 4.79 Å². The topological polar surface area (TPSA) is 75.5 Å². The van der Waals surface area contributed by atoms with Crippen molar-refractivity contribution < 1.29 is 19.5 Å². The van der Waals surface area contributed by atoms with E-state index in [1.165, 1.54) is 0 Å². The summed E-state index contributed by atoms with van der Waals surface area (Å²) in [6, 6.07) is 14.4. The predicted molar refractivity (Wildman–Crippen MR) is 91.4 cm³/mol. The number of nitrogen functional groups attached to an aromatic ring is 1. The van der Waals surface area contributed by atoms with Gasteiger partial charge in [0.15, 0.2) is 0 Å². The van der Waals surface area contributed by atoms with Crippen LogP contribution in [0.3, 0.4) is 0 Å². The molecule has 3 N–H and O–H groups in total. The zero-order valence-electron chi connectivity index (χ0n) is 12.0. The van der Waals surface area contributed by atoms with Gasteiger partial charge >= 0.3 is 11.8 Å². The molecular weight excluding hydrogens is 395 g/mol. The van der Waals surface area contributed by atoms with Gasteiger partial charge in [-0.3, -0.25) is 10.6 Å². The van der Waals surface area contributed by atoms with Crippen LogP contribution < -0.4 is 15.6 Å². The van der Waals surface area contributed by atoms with Crippen LogP contribution in [0.1, 0.15) is 22.8 Å². The molecule has 2 rings (SSSR count). The molecule has 0 bridgehead atoms. The molecule has 22 heavy (non-hydrogen) atoms. The smallest absolute Gasteiger partial charge is 0.391 e. The number of carbonyl (C=O) groups is 1. The molecule has 0 aliphatic carbocycles. The summed E-state index contributed by atoms with van der Waals surface area (Å²) in [7, 11) is 0. The number of hydrogen-bond acceptors (Lipinski definition) is 3. The van der Waals surface area contributed by atoms with Crippen molar-refractivity contribution in [3.05, 3.63) is 63.2 Å². The first-order valence-electron chi connectivity index (χ1n) is 6.69. The van der Waals surface area contributed by atoms with E-state index in [2.05, 4.69) is 27.7 Å². The van der Waals surface area contributed by atoms with Gasteiger partial charge in [0.05, 0.1) is 12.2 Å². The summed E-state index contributed by atoms with van der Waals surface area (Å²) in [6.45, 7) is 2.32.